The molecule has 0 saturated carbocycles. The quantitative estimate of drug-likeness (QED) is 0.531. The van der Waals surface area contributed by atoms with Crippen molar-refractivity contribution in [1.82, 2.24) is 0 Å². The lowest BCUT2D eigenvalue weighted by molar-refractivity contribution is 0.459. The molecule has 0 fully saturated rings. The molecule has 0 heterocycles. The van der Waals surface area contributed by atoms with Gasteiger partial charge >= 0.3 is 0 Å². The molecule has 0 bridgehead atoms. The van der Waals surface area contributed by atoms with Crippen LogP contribution in [0.5, 0.6) is 5.75 Å². The molecule has 0 aliphatic rings. The van der Waals surface area contributed by atoms with Crippen LogP contribution in [0.2, 0.25) is 0 Å². The number of fused-ring (bicyclic) bond motifs is 1. The van der Waals surface area contributed by atoms with Crippen molar-refractivity contribution in [2.24, 2.45) is 10.1 Å². The summed E-state index contributed by atoms with van der Waals surface area (Å²) < 4.78 is 33.8. The zero-order valence-electron chi connectivity index (χ0n) is 10.6. The van der Waals surface area contributed by atoms with Crippen molar-refractivity contribution in [2.75, 3.05) is 0 Å². The third-order valence-electron chi connectivity index (χ3n) is 2.95. The maximum absolute atomic E-state index is 11.3. The molecular formula is C12H10BN2O4S-. The van der Waals surface area contributed by atoms with E-state index in [1.54, 1.807) is 18.2 Å². The molecule has 0 saturated heterocycles. The van der Waals surface area contributed by atoms with E-state index in [2.05, 4.69) is 10.1 Å². The van der Waals surface area contributed by atoms with Crippen molar-refractivity contribution in [3.8, 4) is 5.75 Å². The Morgan fingerprint density at radius 3 is 2.60 bits per heavy atom. The number of hydrogen-bond donors (Lipinski definition) is 1. The highest BCUT2D eigenvalue weighted by molar-refractivity contribution is 7.86. The minimum absolute atomic E-state index is 0.372. The van der Waals surface area contributed by atoms with Gasteiger partial charge in [0.2, 0.25) is 0 Å². The van der Waals surface area contributed by atoms with Gasteiger partial charge in [-0.3, -0.25) is 5.03 Å². The van der Waals surface area contributed by atoms with E-state index in [0.29, 0.717) is 10.8 Å². The van der Waals surface area contributed by atoms with Crippen molar-refractivity contribution in [3.05, 3.63) is 29.8 Å². The number of phenols is 1. The highest BCUT2D eigenvalue weighted by atomic mass is 32.2. The Morgan fingerprint density at radius 1 is 1.35 bits per heavy atom. The van der Waals surface area contributed by atoms with Crippen LogP contribution < -0.4 is 0 Å². The molecule has 0 spiro atoms. The summed E-state index contributed by atoms with van der Waals surface area (Å²) in [4.78, 5) is -0.648. The molecule has 2 aromatic carbocycles. The van der Waals surface area contributed by atoms with Gasteiger partial charge in [0.05, 0.1) is 4.90 Å². The van der Waals surface area contributed by atoms with Crippen LogP contribution in [-0.2, 0) is 16.5 Å². The molecule has 2 aromatic rings. The summed E-state index contributed by atoms with van der Waals surface area (Å²) >= 11 is 0. The first kappa shape index (κ1) is 14.5. The summed E-state index contributed by atoms with van der Waals surface area (Å²) in [5.41, 5.74) is 0.499. The molecule has 0 aromatic heterocycles. The van der Waals surface area contributed by atoms with E-state index in [4.69, 9.17) is 7.98 Å². The zero-order valence-corrected chi connectivity index (χ0v) is 11.4. The first-order chi connectivity index (χ1) is 9.38. The third kappa shape index (κ3) is 2.52. The Hall–Kier alpha value is -1.93. The maximum atomic E-state index is 11.3. The minimum Gasteiger partial charge on any atom is -0.744 e. The molecular weight excluding hydrogens is 279 g/mol. The normalized spacial score (nSPS) is 12.3. The lowest BCUT2D eigenvalue weighted by Crippen LogP contribution is -1.99. The lowest BCUT2D eigenvalue weighted by atomic mass is 10.0. The van der Waals surface area contributed by atoms with Crippen molar-refractivity contribution < 1.29 is 18.1 Å². The van der Waals surface area contributed by atoms with Gasteiger partial charge in [0.1, 0.15) is 15.8 Å². The van der Waals surface area contributed by atoms with Crippen molar-refractivity contribution in [1.29, 1.82) is 0 Å². The molecule has 0 aliphatic heterocycles. The van der Waals surface area contributed by atoms with Crippen LogP contribution in [0.4, 0.5) is 5.69 Å². The number of benzene rings is 2. The Bertz CT molecular complexity index is 803. The summed E-state index contributed by atoms with van der Waals surface area (Å²) in [7, 11) is 0.0732. The number of aromatic hydroxyl groups is 1. The minimum atomic E-state index is -4.81. The van der Waals surface area contributed by atoms with Crippen molar-refractivity contribution in [2.45, 2.75) is 18.2 Å². The van der Waals surface area contributed by atoms with Crippen LogP contribution >= 0.6 is 0 Å². The predicted molar refractivity (Wildman–Crippen MR) is 73.2 cm³/mol. The van der Waals surface area contributed by atoms with E-state index in [1.807, 2.05) is 6.92 Å². The molecule has 102 valence electrons. The van der Waals surface area contributed by atoms with Gasteiger partial charge in [-0.1, -0.05) is 25.1 Å². The fourth-order valence-electron chi connectivity index (χ4n) is 1.97. The number of nitrogens with zero attached hydrogens (tertiary/aromatic N) is 2. The second-order valence-electron chi connectivity index (χ2n) is 4.15. The average molecular weight is 289 g/mol. The number of rotatable bonds is 3. The van der Waals surface area contributed by atoms with Gasteiger partial charge in [-0.25, -0.2) is 8.42 Å². The van der Waals surface area contributed by atoms with Crippen LogP contribution in [0.3, 0.4) is 0 Å². The Kier molecular flexibility index (Phi) is 3.78. The highest BCUT2D eigenvalue weighted by Gasteiger charge is 2.17. The molecule has 0 amide bonds. The number of aryl methyl sites for hydroxylation is 1. The second kappa shape index (κ2) is 5.22. The van der Waals surface area contributed by atoms with Gasteiger partial charge in [0.25, 0.3) is 7.98 Å². The van der Waals surface area contributed by atoms with Gasteiger partial charge in [0, 0.05) is 5.39 Å². The highest BCUT2D eigenvalue weighted by Crippen LogP contribution is 2.40. The number of hydrogen-bond acceptors (Lipinski definition) is 6. The van der Waals surface area contributed by atoms with Gasteiger partial charge < -0.3 is 9.66 Å². The summed E-state index contributed by atoms with van der Waals surface area (Å²) in [5.74, 6) is -0.436. The molecule has 6 nitrogen and oxygen atoms in total. The zero-order chi connectivity index (χ0) is 14.9. The predicted octanol–water partition coefficient (Wildman–Crippen LogP) is 2.18. The van der Waals surface area contributed by atoms with E-state index in [-0.39, 0.29) is 0 Å². The van der Waals surface area contributed by atoms with Gasteiger partial charge in [-0.2, -0.15) is 5.11 Å². The topological polar surface area (TPSA) is 102 Å². The van der Waals surface area contributed by atoms with Crippen LogP contribution in [0.1, 0.15) is 12.5 Å². The lowest BCUT2D eigenvalue weighted by Gasteiger charge is -2.13. The standard InChI is InChI=1S/C12H11BN2O4S/c1-2-7-3-4-9-8(5-7)6-10(20(17,18)19)11(12(9)16)14-15-13/h3-6,16H,2H2,1H3,(H,17,18,19)/p-1. The Balaban J connectivity index is 2.92. The Morgan fingerprint density at radius 2 is 2.05 bits per heavy atom. The monoisotopic (exact) mass is 289 g/mol. The van der Waals surface area contributed by atoms with E-state index in [9.17, 15) is 18.1 Å². The van der Waals surface area contributed by atoms with E-state index >= 15 is 0 Å². The first-order valence-electron chi connectivity index (χ1n) is 5.74. The summed E-state index contributed by atoms with van der Waals surface area (Å²) in [6.07, 6.45) is 0.737. The largest absolute Gasteiger partial charge is 0.744 e. The van der Waals surface area contributed by atoms with Crippen LogP contribution in [-0.4, -0.2) is 26.1 Å². The van der Waals surface area contributed by atoms with Crippen molar-refractivity contribution >= 4 is 34.6 Å². The average Bonchev–Trinajstić information content (AvgIpc) is 2.40. The molecule has 2 radical (unpaired) electrons. The fourth-order valence-corrected chi connectivity index (χ4v) is 2.61. The summed E-state index contributed by atoms with van der Waals surface area (Å²) in [6.45, 7) is 1.93. The molecule has 2 rings (SSSR count). The second-order valence-corrected chi connectivity index (χ2v) is 5.50. The van der Waals surface area contributed by atoms with Gasteiger partial charge in [-0.05, 0) is 23.4 Å². The number of phenolic OH excluding ortho intramolecular Hbond substituents is 1. The molecule has 0 unspecified atom stereocenters. The Labute approximate surface area is 117 Å². The van der Waals surface area contributed by atoms with Crippen LogP contribution in [0.25, 0.3) is 10.8 Å². The van der Waals surface area contributed by atoms with E-state index in [1.165, 1.54) is 6.07 Å². The van der Waals surface area contributed by atoms with Gasteiger partial charge in [-0.15, -0.1) is 0 Å². The fraction of sp³-hybridized carbons (Fsp3) is 0.167. The molecule has 0 aliphatic carbocycles. The summed E-state index contributed by atoms with van der Waals surface area (Å²) in [5, 5.41) is 17.2. The van der Waals surface area contributed by atoms with Crippen LogP contribution in [0, 0.1) is 0 Å². The van der Waals surface area contributed by atoms with E-state index in [0.717, 1.165) is 12.0 Å². The molecule has 20 heavy (non-hydrogen) atoms. The first-order valence-corrected chi connectivity index (χ1v) is 7.14. The maximum Gasteiger partial charge on any atom is 0.293 e. The molecule has 8 heteroatoms. The van der Waals surface area contributed by atoms with Gasteiger partial charge in [0.15, 0.2) is 5.75 Å². The van der Waals surface area contributed by atoms with Crippen molar-refractivity contribution in [3.63, 3.8) is 0 Å². The molecule has 0 atom stereocenters. The summed E-state index contributed by atoms with van der Waals surface area (Å²) in [6, 6.07) is 6.28. The SMILES string of the molecule is [B]N=Nc1c(S(=O)(=O)[O-])cc2cc(CC)ccc2c1O. The third-order valence-corrected chi connectivity index (χ3v) is 3.80. The van der Waals surface area contributed by atoms with E-state index < -0.39 is 26.5 Å². The van der Waals surface area contributed by atoms with Crippen LogP contribution in [0.15, 0.2) is 39.3 Å². The smallest absolute Gasteiger partial charge is 0.293 e. The molecule has 1 N–H and O–H groups in total.